The topological polar surface area (TPSA) is 26.2 Å². The lowest BCUT2D eigenvalue weighted by Crippen LogP contribution is -2.15. The smallest absolute Gasteiger partial charge is 0.120 e. The molecule has 1 N–H and O–H groups in total. The zero-order valence-corrected chi connectivity index (χ0v) is 11.1. The molecule has 0 amide bonds. The van der Waals surface area contributed by atoms with E-state index in [0.717, 1.165) is 18.9 Å². The molecule has 0 saturated carbocycles. The summed E-state index contributed by atoms with van der Waals surface area (Å²) >= 11 is 0. The predicted octanol–water partition coefficient (Wildman–Crippen LogP) is 3.00. The Balaban J connectivity index is 2.03. The first kappa shape index (κ1) is 11.6. The number of aromatic nitrogens is 1. The predicted molar refractivity (Wildman–Crippen MR) is 74.1 cm³/mol. The van der Waals surface area contributed by atoms with Gasteiger partial charge in [0.05, 0.1) is 6.61 Å². The van der Waals surface area contributed by atoms with E-state index in [-0.39, 0.29) is 0 Å². The standard InChI is InChI=1S/C15H20N2O/c1-3-18-12-6-7-14-11(9-12)10-15(17(14)2)13-5-4-8-16-13/h6-7,9-10,13,16H,3-5,8H2,1-2H3. The van der Waals surface area contributed by atoms with Gasteiger partial charge in [-0.3, -0.25) is 0 Å². The highest BCUT2D eigenvalue weighted by atomic mass is 16.5. The normalized spacial score (nSPS) is 19.6. The third kappa shape index (κ3) is 1.89. The number of hydrogen-bond acceptors (Lipinski definition) is 2. The molecule has 2 aromatic rings. The molecule has 1 aliphatic heterocycles. The van der Waals surface area contributed by atoms with Gasteiger partial charge in [-0.05, 0) is 50.6 Å². The molecule has 1 aromatic heterocycles. The van der Waals surface area contributed by atoms with Crippen molar-refractivity contribution in [3.05, 3.63) is 30.0 Å². The van der Waals surface area contributed by atoms with Gasteiger partial charge >= 0.3 is 0 Å². The Labute approximate surface area is 108 Å². The molecule has 0 spiro atoms. The molecule has 1 aliphatic rings. The van der Waals surface area contributed by atoms with Crippen LogP contribution in [-0.2, 0) is 7.05 Å². The summed E-state index contributed by atoms with van der Waals surface area (Å²) in [5.41, 5.74) is 2.67. The van der Waals surface area contributed by atoms with E-state index in [1.807, 2.05) is 6.92 Å². The van der Waals surface area contributed by atoms with E-state index in [1.54, 1.807) is 0 Å². The summed E-state index contributed by atoms with van der Waals surface area (Å²) < 4.78 is 7.86. The average molecular weight is 244 g/mol. The second kappa shape index (κ2) is 4.65. The van der Waals surface area contributed by atoms with Crippen LogP contribution in [-0.4, -0.2) is 17.7 Å². The fourth-order valence-corrected chi connectivity index (χ4v) is 2.88. The number of ether oxygens (including phenoxy) is 1. The summed E-state index contributed by atoms with van der Waals surface area (Å²) in [5.74, 6) is 0.960. The molecular weight excluding hydrogens is 224 g/mol. The van der Waals surface area contributed by atoms with Crippen LogP contribution in [0.25, 0.3) is 10.9 Å². The number of nitrogens with zero attached hydrogens (tertiary/aromatic N) is 1. The first-order chi connectivity index (χ1) is 8.79. The SMILES string of the molecule is CCOc1ccc2c(c1)cc(C1CCCN1)n2C. The second-order valence-electron chi connectivity index (χ2n) is 4.93. The Hall–Kier alpha value is -1.48. The average Bonchev–Trinajstić information content (AvgIpc) is 2.98. The van der Waals surface area contributed by atoms with Crippen molar-refractivity contribution in [3.63, 3.8) is 0 Å². The van der Waals surface area contributed by atoms with Crippen LogP contribution in [0.15, 0.2) is 24.3 Å². The summed E-state index contributed by atoms with van der Waals surface area (Å²) in [5, 5.41) is 4.83. The van der Waals surface area contributed by atoms with Crippen molar-refractivity contribution in [2.45, 2.75) is 25.8 Å². The Morgan fingerprint density at radius 2 is 2.28 bits per heavy atom. The fraction of sp³-hybridized carbons (Fsp3) is 0.467. The molecule has 3 nitrogen and oxygen atoms in total. The van der Waals surface area contributed by atoms with Gasteiger partial charge in [-0.15, -0.1) is 0 Å². The number of rotatable bonds is 3. The van der Waals surface area contributed by atoms with Crippen LogP contribution < -0.4 is 10.1 Å². The molecule has 2 heterocycles. The lowest BCUT2D eigenvalue weighted by Gasteiger charge is -2.11. The van der Waals surface area contributed by atoms with Gasteiger partial charge in [0.15, 0.2) is 0 Å². The highest BCUT2D eigenvalue weighted by Gasteiger charge is 2.20. The van der Waals surface area contributed by atoms with Crippen molar-refractivity contribution in [3.8, 4) is 5.75 Å². The van der Waals surface area contributed by atoms with Gasteiger partial charge < -0.3 is 14.6 Å². The quantitative estimate of drug-likeness (QED) is 0.898. The van der Waals surface area contributed by atoms with Crippen molar-refractivity contribution < 1.29 is 4.74 Å². The number of aryl methyl sites for hydroxylation is 1. The summed E-state index contributed by atoms with van der Waals surface area (Å²) in [6.07, 6.45) is 2.51. The molecule has 96 valence electrons. The second-order valence-corrected chi connectivity index (χ2v) is 4.93. The summed E-state index contributed by atoms with van der Waals surface area (Å²) in [6.45, 7) is 3.87. The number of hydrogen-bond donors (Lipinski definition) is 1. The van der Waals surface area contributed by atoms with Crippen LogP contribution >= 0.6 is 0 Å². The molecule has 0 bridgehead atoms. The number of nitrogens with one attached hydrogen (secondary N) is 1. The summed E-state index contributed by atoms with van der Waals surface area (Å²) in [4.78, 5) is 0. The van der Waals surface area contributed by atoms with Gasteiger partial charge in [0.1, 0.15) is 5.75 Å². The van der Waals surface area contributed by atoms with Crippen LogP contribution in [0.1, 0.15) is 31.5 Å². The minimum atomic E-state index is 0.512. The van der Waals surface area contributed by atoms with Gasteiger partial charge in [-0.25, -0.2) is 0 Å². The van der Waals surface area contributed by atoms with E-state index in [0.29, 0.717) is 6.04 Å². The third-order valence-electron chi connectivity index (χ3n) is 3.78. The minimum absolute atomic E-state index is 0.512. The molecule has 1 unspecified atom stereocenters. The van der Waals surface area contributed by atoms with Crippen LogP contribution in [0, 0.1) is 0 Å². The molecule has 18 heavy (non-hydrogen) atoms. The molecule has 3 rings (SSSR count). The molecule has 0 aliphatic carbocycles. The van der Waals surface area contributed by atoms with E-state index in [2.05, 4.69) is 41.2 Å². The largest absolute Gasteiger partial charge is 0.494 e. The van der Waals surface area contributed by atoms with Crippen LogP contribution in [0.3, 0.4) is 0 Å². The van der Waals surface area contributed by atoms with E-state index < -0.39 is 0 Å². The monoisotopic (exact) mass is 244 g/mol. The molecule has 1 atom stereocenters. The van der Waals surface area contributed by atoms with Crippen molar-refractivity contribution in [2.24, 2.45) is 7.05 Å². The Kier molecular flexibility index (Phi) is 3.00. The lowest BCUT2D eigenvalue weighted by molar-refractivity contribution is 0.340. The third-order valence-corrected chi connectivity index (χ3v) is 3.78. The highest BCUT2D eigenvalue weighted by Crippen LogP contribution is 2.30. The molecular formula is C15H20N2O. The molecule has 1 fully saturated rings. The lowest BCUT2D eigenvalue weighted by atomic mass is 10.1. The number of fused-ring (bicyclic) bond motifs is 1. The van der Waals surface area contributed by atoms with Gasteiger partial charge in [0.25, 0.3) is 0 Å². The van der Waals surface area contributed by atoms with Gasteiger partial charge in [0, 0.05) is 29.7 Å². The van der Waals surface area contributed by atoms with Gasteiger partial charge in [-0.2, -0.15) is 0 Å². The Bertz CT molecular complexity index is 553. The first-order valence-electron chi connectivity index (χ1n) is 6.75. The van der Waals surface area contributed by atoms with Crippen molar-refractivity contribution in [1.82, 2.24) is 9.88 Å². The van der Waals surface area contributed by atoms with E-state index in [9.17, 15) is 0 Å². The van der Waals surface area contributed by atoms with Crippen molar-refractivity contribution >= 4 is 10.9 Å². The van der Waals surface area contributed by atoms with Gasteiger partial charge in [-0.1, -0.05) is 0 Å². The summed E-state index contributed by atoms with van der Waals surface area (Å²) in [7, 11) is 2.15. The first-order valence-corrected chi connectivity index (χ1v) is 6.75. The zero-order valence-electron chi connectivity index (χ0n) is 11.1. The maximum Gasteiger partial charge on any atom is 0.120 e. The van der Waals surface area contributed by atoms with Crippen LogP contribution in [0.2, 0.25) is 0 Å². The minimum Gasteiger partial charge on any atom is -0.494 e. The number of benzene rings is 1. The van der Waals surface area contributed by atoms with Crippen molar-refractivity contribution in [1.29, 1.82) is 0 Å². The van der Waals surface area contributed by atoms with Crippen molar-refractivity contribution in [2.75, 3.05) is 13.2 Å². The van der Waals surface area contributed by atoms with Crippen LogP contribution in [0.4, 0.5) is 0 Å². The van der Waals surface area contributed by atoms with Gasteiger partial charge in [0.2, 0.25) is 0 Å². The van der Waals surface area contributed by atoms with E-state index >= 15 is 0 Å². The van der Waals surface area contributed by atoms with E-state index in [4.69, 9.17) is 4.74 Å². The summed E-state index contributed by atoms with van der Waals surface area (Å²) in [6, 6.07) is 9.15. The molecule has 0 radical (unpaired) electrons. The maximum atomic E-state index is 5.56. The maximum absolute atomic E-state index is 5.56. The molecule has 1 aromatic carbocycles. The fourth-order valence-electron chi connectivity index (χ4n) is 2.88. The molecule has 3 heteroatoms. The van der Waals surface area contributed by atoms with Crippen LogP contribution in [0.5, 0.6) is 5.75 Å². The zero-order chi connectivity index (χ0) is 12.5. The van der Waals surface area contributed by atoms with E-state index in [1.165, 1.54) is 29.4 Å². The molecule has 1 saturated heterocycles. The highest BCUT2D eigenvalue weighted by molar-refractivity contribution is 5.83. The Morgan fingerprint density at radius 3 is 3.00 bits per heavy atom. The Morgan fingerprint density at radius 1 is 1.39 bits per heavy atom.